The van der Waals surface area contributed by atoms with E-state index >= 15 is 0 Å². The lowest BCUT2D eigenvalue weighted by atomic mass is 9.94. The molecule has 132 heavy (non-hydrogen) atoms. The summed E-state index contributed by atoms with van der Waals surface area (Å²) in [5.41, 5.74) is 24.7. The zero-order valence-corrected chi connectivity index (χ0v) is 72.2. The number of benzene rings is 17. The van der Waals surface area contributed by atoms with Gasteiger partial charge in [0.25, 0.3) is 0 Å². The Kier molecular flexibility index (Phi) is 18.1. The summed E-state index contributed by atoms with van der Waals surface area (Å²) in [6.45, 7) is 0. The summed E-state index contributed by atoms with van der Waals surface area (Å²) < 4.78 is 24.6. The zero-order valence-electron chi connectivity index (χ0n) is 69.8. The molecule has 15 nitrogen and oxygen atoms in total. The first kappa shape index (κ1) is 76.1. The molecular formula is C114H64N12O3S3. The van der Waals surface area contributed by atoms with Crippen LogP contribution in [0.25, 0.3) is 275 Å². The van der Waals surface area contributed by atoms with Crippen molar-refractivity contribution in [2.24, 2.45) is 0 Å². The molecule has 0 aliphatic heterocycles. The number of para-hydroxylation sites is 3. The van der Waals surface area contributed by atoms with Crippen LogP contribution in [0, 0.1) is 0 Å². The van der Waals surface area contributed by atoms with E-state index in [-0.39, 0.29) is 0 Å². The van der Waals surface area contributed by atoms with Crippen molar-refractivity contribution < 1.29 is 13.3 Å². The normalized spacial score (nSPS) is 11.8. The van der Waals surface area contributed by atoms with Crippen LogP contribution in [0.3, 0.4) is 0 Å². The van der Waals surface area contributed by atoms with Crippen molar-refractivity contribution in [2.75, 3.05) is 0 Å². The molecule has 0 spiro atoms. The topological polar surface area (TPSA) is 194 Å². The molecule has 9 aromatic heterocycles. The Bertz CT molecular complexity index is 9030. The number of nitrogens with zero attached hydrogens (tertiary/aromatic N) is 12. The van der Waals surface area contributed by atoms with Crippen LogP contribution in [0.5, 0.6) is 0 Å². The van der Waals surface area contributed by atoms with Crippen LogP contribution < -0.4 is 0 Å². The quantitative estimate of drug-likeness (QED) is 0.0886. The average Bonchev–Trinajstić information content (AvgIpc) is 1.57. The molecule has 0 aliphatic carbocycles. The Labute approximate surface area is 764 Å². The van der Waals surface area contributed by atoms with E-state index in [0.29, 0.717) is 80.3 Å². The molecule has 18 heteroatoms. The summed E-state index contributed by atoms with van der Waals surface area (Å²) >= 11 is 4.97. The molecule has 0 bridgehead atoms. The van der Waals surface area contributed by atoms with Gasteiger partial charge in [-0.05, 0) is 137 Å². The van der Waals surface area contributed by atoms with E-state index in [2.05, 4.69) is 224 Å². The molecule has 0 aliphatic rings. The maximum Gasteiger partial charge on any atom is 0.164 e. The fourth-order valence-electron chi connectivity index (χ4n) is 18.2. The smallest absolute Gasteiger partial charge is 0.164 e. The summed E-state index contributed by atoms with van der Waals surface area (Å²) in [5, 5.41) is 7.91. The minimum absolute atomic E-state index is 0.456. The Morgan fingerprint density at radius 3 is 0.795 bits per heavy atom. The minimum Gasteiger partial charge on any atom is -0.456 e. The van der Waals surface area contributed by atoms with Gasteiger partial charge in [0.05, 0.1) is 30.6 Å². The molecule has 0 unspecified atom stereocenters. The summed E-state index contributed by atoms with van der Waals surface area (Å²) in [5.74, 6) is 4.54. The van der Waals surface area contributed by atoms with Crippen molar-refractivity contribution in [3.05, 3.63) is 388 Å². The van der Waals surface area contributed by atoms with E-state index in [1.807, 2.05) is 164 Å². The first-order valence-corrected chi connectivity index (χ1v) is 45.7. The van der Waals surface area contributed by atoms with Gasteiger partial charge < -0.3 is 13.3 Å². The van der Waals surface area contributed by atoms with Crippen LogP contribution in [-0.4, -0.2) is 59.8 Å². The summed E-state index contributed by atoms with van der Waals surface area (Å²) in [4.78, 5) is 64.2. The molecule has 0 saturated heterocycles. The molecule has 26 aromatic rings. The SMILES string of the molecule is c1ccc(-c2cccc(-c3nc(-c4ccccc4)nc(-c4ccc(-c5cccc(-c6ccc(-c7nc(-c8ccccc8)nc(-c8ccc(-c9cccc(-c%10nc(-c%11ccccc%11)nc(-c%11cccc%12oc%13cccc(-c%14nc%15ccccc%15s%14)c%13c%11%12)n%10)c9)c9oc%10cccc(-c%11nc%12ccccc%12s%11)c%10c89)n7)cc6)c5)c5oc6cccc(-c7nc8ccccc8s7)c6c45)n3)c2)cc1. The fraction of sp³-hybridized carbons (Fsp3) is 0. The van der Waals surface area contributed by atoms with E-state index in [4.69, 9.17) is 73.1 Å². The van der Waals surface area contributed by atoms with Crippen molar-refractivity contribution in [1.82, 2.24) is 59.8 Å². The van der Waals surface area contributed by atoms with Crippen LogP contribution in [0.1, 0.15) is 0 Å². The highest BCUT2D eigenvalue weighted by Crippen LogP contribution is 2.51. The molecule has 26 rings (SSSR count). The molecule has 0 atom stereocenters. The lowest BCUT2D eigenvalue weighted by Gasteiger charge is -2.13. The Morgan fingerprint density at radius 2 is 0.402 bits per heavy atom. The second kappa shape index (κ2) is 31.4. The summed E-state index contributed by atoms with van der Waals surface area (Å²) in [6, 6.07) is 132. The highest BCUT2D eigenvalue weighted by atomic mass is 32.1. The second-order valence-electron chi connectivity index (χ2n) is 32.4. The van der Waals surface area contributed by atoms with Gasteiger partial charge in [-0.1, -0.05) is 285 Å². The van der Waals surface area contributed by atoms with Crippen LogP contribution in [0.4, 0.5) is 0 Å². The van der Waals surface area contributed by atoms with E-state index in [1.165, 1.54) is 0 Å². The number of aromatic nitrogens is 12. The number of fused-ring (bicyclic) bond motifs is 12. The van der Waals surface area contributed by atoms with Crippen LogP contribution in [-0.2, 0) is 0 Å². The van der Waals surface area contributed by atoms with Gasteiger partial charge in [0.2, 0.25) is 0 Å². The van der Waals surface area contributed by atoms with Gasteiger partial charge in [0, 0.05) is 110 Å². The van der Waals surface area contributed by atoms with Gasteiger partial charge in [0.15, 0.2) is 52.4 Å². The van der Waals surface area contributed by atoms with Crippen LogP contribution in [0.15, 0.2) is 401 Å². The van der Waals surface area contributed by atoms with Crippen molar-refractivity contribution >= 4 is 130 Å². The predicted molar refractivity (Wildman–Crippen MR) is 535 cm³/mol. The molecule has 616 valence electrons. The third-order valence-corrected chi connectivity index (χ3v) is 27.6. The highest BCUT2D eigenvalue weighted by Gasteiger charge is 2.30. The monoisotopic (exact) mass is 1740 g/mol. The number of rotatable bonds is 16. The molecule has 0 N–H and O–H groups in total. The first-order chi connectivity index (χ1) is 65.3. The largest absolute Gasteiger partial charge is 0.456 e. The van der Waals surface area contributed by atoms with Crippen molar-refractivity contribution in [3.8, 4) is 179 Å². The predicted octanol–water partition coefficient (Wildman–Crippen LogP) is 30.4. The summed E-state index contributed by atoms with van der Waals surface area (Å²) in [7, 11) is 0. The van der Waals surface area contributed by atoms with E-state index in [1.54, 1.807) is 34.0 Å². The fourth-order valence-corrected chi connectivity index (χ4v) is 21.2. The van der Waals surface area contributed by atoms with E-state index in [0.717, 1.165) is 195 Å². The molecule has 0 amide bonds. The summed E-state index contributed by atoms with van der Waals surface area (Å²) in [6.07, 6.45) is 0. The zero-order chi connectivity index (χ0) is 86.9. The molecule has 0 saturated carbocycles. The van der Waals surface area contributed by atoms with Crippen molar-refractivity contribution in [2.45, 2.75) is 0 Å². The van der Waals surface area contributed by atoms with Gasteiger partial charge >= 0.3 is 0 Å². The van der Waals surface area contributed by atoms with Crippen molar-refractivity contribution in [1.29, 1.82) is 0 Å². The molecule has 0 radical (unpaired) electrons. The van der Waals surface area contributed by atoms with Gasteiger partial charge in [-0.3, -0.25) is 0 Å². The van der Waals surface area contributed by atoms with Gasteiger partial charge in [0.1, 0.15) is 48.5 Å². The third kappa shape index (κ3) is 13.3. The maximum atomic E-state index is 7.36. The molecular weight excluding hydrogens is 1680 g/mol. The average molecular weight is 1750 g/mol. The Balaban J connectivity index is 0.600. The molecule has 0 fully saturated rings. The van der Waals surface area contributed by atoms with E-state index < -0.39 is 0 Å². The van der Waals surface area contributed by atoms with Gasteiger partial charge in [-0.25, -0.2) is 59.8 Å². The maximum absolute atomic E-state index is 7.36. The lowest BCUT2D eigenvalue weighted by molar-refractivity contribution is 0.669. The lowest BCUT2D eigenvalue weighted by Crippen LogP contribution is -2.01. The number of hydrogen-bond acceptors (Lipinski definition) is 18. The molecule has 17 aromatic carbocycles. The number of thiazole rings is 3. The second-order valence-corrected chi connectivity index (χ2v) is 35.5. The number of furan rings is 3. The highest BCUT2D eigenvalue weighted by molar-refractivity contribution is 7.22. The van der Waals surface area contributed by atoms with Crippen LogP contribution >= 0.6 is 34.0 Å². The third-order valence-electron chi connectivity index (χ3n) is 24.4. The van der Waals surface area contributed by atoms with E-state index in [9.17, 15) is 0 Å². The Morgan fingerprint density at radius 1 is 0.152 bits per heavy atom. The van der Waals surface area contributed by atoms with Crippen LogP contribution in [0.2, 0.25) is 0 Å². The van der Waals surface area contributed by atoms with Gasteiger partial charge in [-0.15, -0.1) is 34.0 Å². The standard InChI is InChI=1S/C114H64N12O3S3/c1-5-26-65(27-6-1)72-35-20-38-75(63-72)107-119-105(69-32-11-4-12-33-69)123-111(126-107)81-60-58-77(101-100(81)98-84(43-24-49-90(98)128-101)114-117-87-46-15-18-53-94(87)132-114)73-36-19-34-71(62-73)66-54-56-70(57-55-66)106-118-103(67-28-7-2-8-29-67)122-110(124-106)80-61-59-78(102-99(80)97-83(42-25-50-91(97)129-102)113-116-86-45-14-17-52-93(86)131-113)74-37-21-39-76(64-74)108-120-104(68-30-9-3-10-31-68)121-109(125-108)79-40-22-47-88-95(79)96-82(41-23-48-89(96)127-88)112-115-85-44-13-16-51-92(85)130-112/h1-64H. The molecule has 9 heterocycles. The minimum atomic E-state index is 0.456. The number of hydrogen-bond donors (Lipinski definition) is 0. The first-order valence-electron chi connectivity index (χ1n) is 43.3. The van der Waals surface area contributed by atoms with Crippen molar-refractivity contribution in [3.63, 3.8) is 0 Å². The Hall–Kier alpha value is -17.2. The van der Waals surface area contributed by atoms with Gasteiger partial charge in [-0.2, -0.15) is 0 Å².